The van der Waals surface area contributed by atoms with E-state index in [1.165, 1.54) is 43.3 Å². The fourth-order valence-corrected chi connectivity index (χ4v) is 4.08. The first-order valence-electron chi connectivity index (χ1n) is 8.75. The molecule has 0 fully saturated rings. The van der Waals surface area contributed by atoms with Crippen molar-refractivity contribution >= 4 is 43.1 Å². The molecule has 0 aliphatic rings. The molecular weight excluding hydrogens is 304 g/mol. The van der Waals surface area contributed by atoms with E-state index in [1.807, 2.05) is 12.1 Å². The molecule has 0 atom stereocenters. The Morgan fingerprint density at radius 2 is 1.24 bits per heavy atom. The van der Waals surface area contributed by atoms with Crippen LogP contribution < -0.4 is 0 Å². The third kappa shape index (κ3) is 2.02. The quantitative estimate of drug-likeness (QED) is 0.346. The van der Waals surface area contributed by atoms with E-state index in [4.69, 9.17) is 0 Å². The van der Waals surface area contributed by atoms with Gasteiger partial charge in [0.2, 0.25) is 0 Å². The molecule has 5 aromatic rings. The molecule has 1 heteroatoms. The maximum atomic E-state index is 10.0. The van der Waals surface area contributed by atoms with Crippen molar-refractivity contribution in [2.24, 2.45) is 0 Å². The molecule has 1 nitrogen and oxygen atoms in total. The summed E-state index contributed by atoms with van der Waals surface area (Å²) in [6, 6.07) is 25.4. The van der Waals surface area contributed by atoms with E-state index in [2.05, 4.69) is 61.5 Å². The molecule has 5 aromatic carbocycles. The molecule has 0 spiro atoms. The summed E-state index contributed by atoms with van der Waals surface area (Å²) >= 11 is 0. The fraction of sp³-hybridized carbons (Fsp3) is 0.0833. The molecule has 0 heterocycles. The van der Waals surface area contributed by atoms with Gasteiger partial charge in [-0.3, -0.25) is 0 Å². The van der Waals surface area contributed by atoms with Gasteiger partial charge < -0.3 is 5.11 Å². The fourth-order valence-electron chi connectivity index (χ4n) is 4.08. The molecule has 0 aliphatic heterocycles. The van der Waals surface area contributed by atoms with E-state index in [0.29, 0.717) is 5.75 Å². The Morgan fingerprint density at radius 1 is 0.600 bits per heavy atom. The summed E-state index contributed by atoms with van der Waals surface area (Å²) < 4.78 is 0. The van der Waals surface area contributed by atoms with E-state index in [1.54, 1.807) is 6.07 Å². The standard InChI is InChI=1S/C24H18O/c1-2-15-13-23-21-9-7-16-5-3-4-6-18(16)20(21)11-12-22(23)24-14-17(25)8-10-19(15)24/h3-14,25H,2H2,1H3. The summed E-state index contributed by atoms with van der Waals surface area (Å²) in [5, 5.41) is 19.9. The van der Waals surface area contributed by atoms with Gasteiger partial charge in [0.05, 0.1) is 0 Å². The molecule has 120 valence electrons. The number of phenolic OH excluding ortho intramolecular Hbond substituents is 1. The van der Waals surface area contributed by atoms with Crippen molar-refractivity contribution in [1.82, 2.24) is 0 Å². The Bertz CT molecular complexity index is 1280. The summed E-state index contributed by atoms with van der Waals surface area (Å²) in [4.78, 5) is 0. The number of aromatic hydroxyl groups is 1. The largest absolute Gasteiger partial charge is 0.508 e. The van der Waals surface area contributed by atoms with Crippen molar-refractivity contribution in [3.63, 3.8) is 0 Å². The van der Waals surface area contributed by atoms with Crippen molar-refractivity contribution in [2.75, 3.05) is 0 Å². The molecule has 25 heavy (non-hydrogen) atoms. The maximum absolute atomic E-state index is 10.0. The zero-order chi connectivity index (χ0) is 17.0. The Kier molecular flexibility index (Phi) is 2.98. The lowest BCUT2D eigenvalue weighted by atomic mass is 9.91. The number of aryl methyl sites for hydroxylation is 1. The molecule has 0 unspecified atom stereocenters. The predicted octanol–water partition coefficient (Wildman–Crippen LogP) is 6.57. The van der Waals surface area contributed by atoms with Crippen molar-refractivity contribution < 1.29 is 5.11 Å². The number of hydrogen-bond donors (Lipinski definition) is 1. The van der Waals surface area contributed by atoms with Crippen LogP contribution in [-0.4, -0.2) is 5.11 Å². The zero-order valence-electron chi connectivity index (χ0n) is 14.1. The van der Waals surface area contributed by atoms with Gasteiger partial charge in [0.1, 0.15) is 5.75 Å². The summed E-state index contributed by atoms with van der Waals surface area (Å²) in [7, 11) is 0. The Hall–Kier alpha value is -3.06. The predicted molar refractivity (Wildman–Crippen MR) is 108 cm³/mol. The van der Waals surface area contributed by atoms with Gasteiger partial charge in [0.25, 0.3) is 0 Å². The van der Waals surface area contributed by atoms with Crippen molar-refractivity contribution in [3.05, 3.63) is 78.4 Å². The van der Waals surface area contributed by atoms with E-state index in [-0.39, 0.29) is 0 Å². The third-order valence-corrected chi connectivity index (χ3v) is 5.31. The van der Waals surface area contributed by atoms with Crippen LogP contribution >= 0.6 is 0 Å². The van der Waals surface area contributed by atoms with Crippen molar-refractivity contribution in [2.45, 2.75) is 13.3 Å². The average Bonchev–Trinajstić information content (AvgIpc) is 2.66. The topological polar surface area (TPSA) is 20.2 Å². The number of hydrogen-bond acceptors (Lipinski definition) is 1. The molecule has 1 N–H and O–H groups in total. The first-order chi connectivity index (χ1) is 12.3. The zero-order valence-corrected chi connectivity index (χ0v) is 14.1. The van der Waals surface area contributed by atoms with Gasteiger partial charge >= 0.3 is 0 Å². The highest BCUT2D eigenvalue weighted by Gasteiger charge is 2.10. The molecule has 0 radical (unpaired) electrons. The minimum absolute atomic E-state index is 0.320. The first-order valence-corrected chi connectivity index (χ1v) is 8.75. The minimum atomic E-state index is 0.320. The summed E-state index contributed by atoms with van der Waals surface area (Å²) in [6.45, 7) is 2.19. The van der Waals surface area contributed by atoms with Crippen LogP contribution in [0.15, 0.2) is 72.8 Å². The van der Waals surface area contributed by atoms with Crippen LogP contribution in [0, 0.1) is 0 Å². The van der Waals surface area contributed by atoms with Crippen LogP contribution in [0.5, 0.6) is 5.75 Å². The smallest absolute Gasteiger partial charge is 0.116 e. The summed E-state index contributed by atoms with van der Waals surface area (Å²) in [5.41, 5.74) is 1.32. The summed E-state index contributed by atoms with van der Waals surface area (Å²) in [5.74, 6) is 0.320. The highest BCUT2D eigenvalue weighted by atomic mass is 16.3. The van der Waals surface area contributed by atoms with E-state index < -0.39 is 0 Å². The lowest BCUT2D eigenvalue weighted by Crippen LogP contribution is -1.88. The molecule has 0 aromatic heterocycles. The highest BCUT2D eigenvalue weighted by molar-refractivity contribution is 6.22. The van der Waals surface area contributed by atoms with Gasteiger partial charge in [-0.25, -0.2) is 0 Å². The monoisotopic (exact) mass is 322 g/mol. The van der Waals surface area contributed by atoms with Crippen LogP contribution in [0.3, 0.4) is 0 Å². The summed E-state index contributed by atoms with van der Waals surface area (Å²) in [6.07, 6.45) is 0.973. The number of fused-ring (bicyclic) bond motifs is 7. The van der Waals surface area contributed by atoms with Crippen LogP contribution in [0.4, 0.5) is 0 Å². The van der Waals surface area contributed by atoms with Gasteiger partial charge in [-0.05, 0) is 73.3 Å². The van der Waals surface area contributed by atoms with Crippen molar-refractivity contribution in [3.8, 4) is 5.75 Å². The highest BCUT2D eigenvalue weighted by Crippen LogP contribution is 2.37. The van der Waals surface area contributed by atoms with Crippen LogP contribution in [0.25, 0.3) is 43.1 Å². The van der Waals surface area contributed by atoms with E-state index in [0.717, 1.165) is 11.8 Å². The van der Waals surface area contributed by atoms with Gasteiger partial charge in [0.15, 0.2) is 0 Å². The van der Waals surface area contributed by atoms with Crippen molar-refractivity contribution in [1.29, 1.82) is 0 Å². The molecule has 0 amide bonds. The van der Waals surface area contributed by atoms with Crippen LogP contribution in [0.1, 0.15) is 12.5 Å². The minimum Gasteiger partial charge on any atom is -0.508 e. The number of rotatable bonds is 1. The molecular formula is C24H18O. The second-order valence-electron chi connectivity index (χ2n) is 6.66. The maximum Gasteiger partial charge on any atom is 0.116 e. The molecule has 0 saturated carbocycles. The van der Waals surface area contributed by atoms with Crippen LogP contribution in [-0.2, 0) is 6.42 Å². The number of benzene rings is 5. The SMILES string of the molecule is CCc1cc2c(ccc3c4ccccc4ccc32)c2cc(O)ccc12. The van der Waals surface area contributed by atoms with E-state index >= 15 is 0 Å². The Balaban J connectivity index is 2.04. The lowest BCUT2D eigenvalue weighted by molar-refractivity contribution is 0.476. The van der Waals surface area contributed by atoms with Gasteiger partial charge in [-0.15, -0.1) is 0 Å². The lowest BCUT2D eigenvalue weighted by Gasteiger charge is -2.13. The van der Waals surface area contributed by atoms with Gasteiger partial charge in [0, 0.05) is 0 Å². The molecule has 0 bridgehead atoms. The Morgan fingerprint density at radius 3 is 2.08 bits per heavy atom. The molecule has 5 rings (SSSR count). The molecule has 0 aliphatic carbocycles. The average molecular weight is 322 g/mol. The van der Waals surface area contributed by atoms with Gasteiger partial charge in [-0.1, -0.05) is 61.5 Å². The van der Waals surface area contributed by atoms with Crippen LogP contribution in [0.2, 0.25) is 0 Å². The first kappa shape index (κ1) is 14.3. The molecule has 0 saturated heterocycles. The van der Waals surface area contributed by atoms with Gasteiger partial charge in [-0.2, -0.15) is 0 Å². The second kappa shape index (κ2) is 5.22. The normalized spacial score (nSPS) is 11.7. The van der Waals surface area contributed by atoms with E-state index in [9.17, 15) is 5.11 Å². The number of phenols is 1. The Labute approximate surface area is 146 Å². The second-order valence-corrected chi connectivity index (χ2v) is 6.66. The third-order valence-electron chi connectivity index (χ3n) is 5.31.